The average Bonchev–Trinajstić information content (AvgIpc) is 3.73. The standard InChI is InChI=1S/C32H35NO7S/c1-20(14-23-10-11-24(17-34)40-23)9-12-28(36)29-21(19-39-22-6-3-2-4-7-22)15-26-30(27(29)18-35)32(38)33(31(26)37)16-25-8-5-13-41-25/h2-8,10-11,13-14,26-28,30,34-36H,9,12,15-19H2,1H3/b20-14+/t26-,27+,28-,30-/m1/s1. The number of allylic oxidation sites excluding steroid dienone is 1. The van der Waals surface area contributed by atoms with Crippen LogP contribution in [0.3, 0.4) is 0 Å². The number of nitrogens with zero attached hydrogens (tertiary/aromatic N) is 1. The van der Waals surface area contributed by atoms with Gasteiger partial charge in [-0.1, -0.05) is 29.8 Å². The van der Waals surface area contributed by atoms with Gasteiger partial charge in [-0.15, -0.1) is 11.3 Å². The van der Waals surface area contributed by atoms with Gasteiger partial charge in [-0.3, -0.25) is 14.5 Å². The van der Waals surface area contributed by atoms with Crippen molar-refractivity contribution in [1.82, 2.24) is 4.90 Å². The van der Waals surface area contributed by atoms with Crippen molar-refractivity contribution in [1.29, 1.82) is 0 Å². The summed E-state index contributed by atoms with van der Waals surface area (Å²) in [6.07, 6.45) is 2.11. The number of imide groups is 1. The highest BCUT2D eigenvalue weighted by atomic mass is 32.1. The maximum Gasteiger partial charge on any atom is 0.234 e. The number of aliphatic hydroxyl groups is 3. The number of hydrogen-bond donors (Lipinski definition) is 3. The van der Waals surface area contributed by atoms with Crippen molar-refractivity contribution in [2.24, 2.45) is 17.8 Å². The number of rotatable bonds is 12. The van der Waals surface area contributed by atoms with Crippen LogP contribution >= 0.6 is 11.3 Å². The zero-order valence-corrected chi connectivity index (χ0v) is 23.8. The zero-order chi connectivity index (χ0) is 28.9. The molecule has 2 aromatic heterocycles. The number of ether oxygens (including phenoxy) is 1. The predicted molar refractivity (Wildman–Crippen MR) is 155 cm³/mol. The van der Waals surface area contributed by atoms with Gasteiger partial charge in [-0.2, -0.15) is 0 Å². The number of furan rings is 1. The highest BCUT2D eigenvalue weighted by molar-refractivity contribution is 7.09. The Kier molecular flexibility index (Phi) is 9.19. The minimum Gasteiger partial charge on any atom is -0.489 e. The molecule has 2 amide bonds. The minimum atomic E-state index is -0.940. The van der Waals surface area contributed by atoms with Crippen LogP contribution in [0.25, 0.3) is 6.08 Å². The van der Waals surface area contributed by atoms with Crippen LogP contribution in [0.5, 0.6) is 5.75 Å². The van der Waals surface area contributed by atoms with E-state index >= 15 is 0 Å². The van der Waals surface area contributed by atoms with Crippen LogP contribution < -0.4 is 4.74 Å². The summed E-state index contributed by atoms with van der Waals surface area (Å²) in [6, 6.07) is 16.6. The molecule has 2 aliphatic rings. The Morgan fingerprint density at radius 3 is 2.61 bits per heavy atom. The van der Waals surface area contributed by atoms with E-state index in [0.29, 0.717) is 35.7 Å². The van der Waals surface area contributed by atoms with E-state index < -0.39 is 23.9 Å². The Morgan fingerprint density at radius 1 is 1.12 bits per heavy atom. The third-order valence-electron chi connectivity index (χ3n) is 7.92. The van der Waals surface area contributed by atoms with E-state index in [-0.39, 0.29) is 44.6 Å². The fourth-order valence-corrected chi connectivity index (χ4v) is 6.64. The smallest absolute Gasteiger partial charge is 0.234 e. The first-order valence-corrected chi connectivity index (χ1v) is 14.7. The molecule has 41 heavy (non-hydrogen) atoms. The van der Waals surface area contributed by atoms with Crippen molar-refractivity contribution in [2.45, 2.75) is 45.4 Å². The summed E-state index contributed by atoms with van der Waals surface area (Å²) in [5.74, 6) is -0.810. The Labute approximate surface area is 243 Å². The Hall–Kier alpha value is -3.50. The molecule has 8 nitrogen and oxygen atoms in total. The van der Waals surface area contributed by atoms with Crippen LogP contribution in [-0.2, 0) is 22.7 Å². The molecule has 0 bridgehead atoms. The van der Waals surface area contributed by atoms with Gasteiger partial charge in [0.15, 0.2) is 0 Å². The van der Waals surface area contributed by atoms with Crippen LogP contribution in [0.4, 0.5) is 0 Å². The van der Waals surface area contributed by atoms with Crippen LogP contribution in [-0.4, -0.2) is 51.4 Å². The van der Waals surface area contributed by atoms with Gasteiger partial charge in [-0.25, -0.2) is 0 Å². The number of amides is 2. The van der Waals surface area contributed by atoms with Gasteiger partial charge >= 0.3 is 0 Å². The molecule has 3 N–H and O–H groups in total. The van der Waals surface area contributed by atoms with Crippen molar-refractivity contribution in [3.8, 4) is 5.75 Å². The summed E-state index contributed by atoms with van der Waals surface area (Å²) in [5, 5.41) is 33.3. The summed E-state index contributed by atoms with van der Waals surface area (Å²) < 4.78 is 11.6. The first kappa shape index (κ1) is 29.0. The zero-order valence-electron chi connectivity index (χ0n) is 22.9. The van der Waals surface area contributed by atoms with Gasteiger partial charge in [0.2, 0.25) is 11.8 Å². The molecule has 0 spiro atoms. The lowest BCUT2D eigenvalue weighted by atomic mass is 9.68. The fraction of sp³-hybridized carbons (Fsp3) is 0.375. The van der Waals surface area contributed by atoms with Gasteiger partial charge < -0.3 is 24.5 Å². The lowest BCUT2D eigenvalue weighted by molar-refractivity contribution is -0.140. The van der Waals surface area contributed by atoms with E-state index in [1.165, 1.54) is 16.2 Å². The molecule has 3 heterocycles. The summed E-state index contributed by atoms with van der Waals surface area (Å²) >= 11 is 1.49. The molecule has 1 saturated heterocycles. The van der Waals surface area contributed by atoms with Crippen LogP contribution in [0.15, 0.2) is 81.1 Å². The monoisotopic (exact) mass is 577 g/mol. The molecule has 1 aliphatic heterocycles. The van der Waals surface area contributed by atoms with E-state index in [2.05, 4.69) is 0 Å². The van der Waals surface area contributed by atoms with Gasteiger partial charge in [-0.05, 0) is 79.1 Å². The summed E-state index contributed by atoms with van der Waals surface area (Å²) in [5.41, 5.74) is 2.31. The molecule has 3 aromatic rings. The van der Waals surface area contributed by atoms with E-state index in [0.717, 1.165) is 16.0 Å². The van der Waals surface area contributed by atoms with E-state index in [1.54, 1.807) is 12.1 Å². The average molecular weight is 578 g/mol. The number of thiophene rings is 1. The predicted octanol–water partition coefficient (Wildman–Crippen LogP) is 4.57. The van der Waals surface area contributed by atoms with Crippen molar-refractivity contribution < 1.29 is 34.1 Å². The Morgan fingerprint density at radius 2 is 1.93 bits per heavy atom. The number of likely N-dealkylation sites (tertiary alicyclic amines) is 1. The third-order valence-corrected chi connectivity index (χ3v) is 8.78. The number of fused-ring (bicyclic) bond motifs is 1. The summed E-state index contributed by atoms with van der Waals surface area (Å²) in [7, 11) is 0. The van der Waals surface area contributed by atoms with Crippen molar-refractivity contribution in [3.05, 3.63) is 93.1 Å². The minimum absolute atomic E-state index is 0.147. The molecular weight excluding hydrogens is 542 g/mol. The van der Waals surface area contributed by atoms with Gasteiger partial charge in [0.1, 0.15) is 30.5 Å². The molecule has 216 valence electrons. The fourth-order valence-electron chi connectivity index (χ4n) is 5.95. The van der Waals surface area contributed by atoms with E-state index in [9.17, 15) is 24.9 Å². The molecule has 1 fully saturated rings. The second kappa shape index (κ2) is 13.0. The summed E-state index contributed by atoms with van der Waals surface area (Å²) in [6.45, 7) is 1.75. The lowest BCUT2D eigenvalue weighted by Gasteiger charge is -2.36. The van der Waals surface area contributed by atoms with Crippen molar-refractivity contribution in [3.63, 3.8) is 0 Å². The largest absolute Gasteiger partial charge is 0.489 e. The number of benzene rings is 1. The second-order valence-corrected chi connectivity index (χ2v) is 11.7. The molecule has 1 aliphatic carbocycles. The first-order valence-electron chi connectivity index (χ1n) is 13.8. The number of hydrogen-bond acceptors (Lipinski definition) is 8. The third kappa shape index (κ3) is 6.38. The lowest BCUT2D eigenvalue weighted by Crippen LogP contribution is -2.40. The number of carbonyl (C=O) groups is 2. The SMILES string of the molecule is C/C(=C\c1ccc(CO)o1)CC[C@@H](O)C1=C(COc2ccccc2)C[C@H]2C(=O)N(Cc3cccs3)C(=O)[C@H]2[C@H]1CO. The normalized spacial score (nSPS) is 21.9. The first-order chi connectivity index (χ1) is 19.9. The molecule has 0 saturated carbocycles. The van der Waals surface area contributed by atoms with Gasteiger partial charge in [0.25, 0.3) is 0 Å². The van der Waals surface area contributed by atoms with Crippen molar-refractivity contribution >= 4 is 29.2 Å². The molecule has 9 heteroatoms. The molecule has 5 rings (SSSR count). The van der Waals surface area contributed by atoms with E-state index in [1.807, 2.05) is 60.8 Å². The number of carbonyl (C=O) groups excluding carboxylic acids is 2. The maximum atomic E-state index is 13.6. The van der Waals surface area contributed by atoms with Crippen molar-refractivity contribution in [2.75, 3.05) is 13.2 Å². The Balaban J connectivity index is 1.40. The Bertz CT molecular complexity index is 1410. The molecule has 1 aromatic carbocycles. The van der Waals surface area contributed by atoms with Crippen LogP contribution in [0, 0.1) is 17.8 Å². The molecule has 0 unspecified atom stereocenters. The summed E-state index contributed by atoms with van der Waals surface area (Å²) in [4.78, 5) is 29.4. The van der Waals surface area contributed by atoms with Crippen LogP contribution in [0.2, 0.25) is 0 Å². The van der Waals surface area contributed by atoms with Gasteiger partial charge in [0, 0.05) is 10.8 Å². The quantitative estimate of drug-likeness (QED) is 0.213. The highest BCUT2D eigenvalue weighted by Gasteiger charge is 2.54. The highest BCUT2D eigenvalue weighted by Crippen LogP contribution is 2.46. The topological polar surface area (TPSA) is 120 Å². The van der Waals surface area contributed by atoms with Crippen LogP contribution in [0.1, 0.15) is 42.6 Å². The molecular formula is C32H35NO7S. The number of para-hydroxylation sites is 1. The second-order valence-electron chi connectivity index (χ2n) is 10.6. The molecule has 4 atom stereocenters. The molecule has 0 radical (unpaired) electrons. The van der Waals surface area contributed by atoms with E-state index in [4.69, 9.17) is 9.15 Å². The maximum absolute atomic E-state index is 13.6. The number of aliphatic hydroxyl groups excluding tert-OH is 3. The van der Waals surface area contributed by atoms with Gasteiger partial charge in [0.05, 0.1) is 31.1 Å².